The summed E-state index contributed by atoms with van der Waals surface area (Å²) < 4.78 is 67.5. The van der Waals surface area contributed by atoms with E-state index in [2.05, 4.69) is 15.8 Å². The number of piperidine rings is 1. The number of hydrogen-bond acceptors (Lipinski definition) is 6. The second-order valence-corrected chi connectivity index (χ2v) is 10.7. The molecule has 1 aliphatic heterocycles. The van der Waals surface area contributed by atoms with Gasteiger partial charge in [0.1, 0.15) is 11.9 Å². The largest absolute Gasteiger partial charge is 0.416 e. The van der Waals surface area contributed by atoms with Crippen LogP contribution in [0.15, 0.2) is 59.5 Å². The number of aromatic nitrogens is 1. The van der Waals surface area contributed by atoms with Gasteiger partial charge in [-0.25, -0.2) is 13.4 Å². The molecule has 11 heteroatoms. The van der Waals surface area contributed by atoms with Gasteiger partial charge in [0.2, 0.25) is 0 Å². The monoisotopic (exact) mass is 530 g/mol. The van der Waals surface area contributed by atoms with Crippen molar-refractivity contribution in [2.45, 2.75) is 43.4 Å². The van der Waals surface area contributed by atoms with Crippen molar-refractivity contribution in [1.29, 1.82) is 5.26 Å². The van der Waals surface area contributed by atoms with Crippen molar-refractivity contribution in [2.75, 3.05) is 22.7 Å². The highest BCUT2D eigenvalue weighted by Crippen LogP contribution is 2.37. The minimum atomic E-state index is -4.70. The molecule has 0 unspecified atom stereocenters. The van der Waals surface area contributed by atoms with Gasteiger partial charge in [-0.3, -0.25) is 4.72 Å². The Bertz CT molecular complexity index is 1460. The fourth-order valence-electron chi connectivity index (χ4n) is 4.51. The number of rotatable bonds is 5. The van der Waals surface area contributed by atoms with Gasteiger partial charge < -0.3 is 10.0 Å². The highest BCUT2D eigenvalue weighted by atomic mass is 32.2. The summed E-state index contributed by atoms with van der Waals surface area (Å²) in [6, 6.07) is 14.9. The Labute approximate surface area is 213 Å². The predicted molar refractivity (Wildman–Crippen MR) is 132 cm³/mol. The van der Waals surface area contributed by atoms with Gasteiger partial charge in [0.15, 0.2) is 0 Å². The van der Waals surface area contributed by atoms with Gasteiger partial charge in [-0.05, 0) is 56.0 Å². The summed E-state index contributed by atoms with van der Waals surface area (Å²) in [5.74, 6) is 0.370. The molecule has 3 aromatic rings. The predicted octanol–water partition coefficient (Wildman–Crippen LogP) is 4.88. The zero-order valence-electron chi connectivity index (χ0n) is 20.2. The summed E-state index contributed by atoms with van der Waals surface area (Å²) in [7, 11) is -4.40. The summed E-state index contributed by atoms with van der Waals surface area (Å²) >= 11 is 0. The number of hydrogen-bond donors (Lipinski definition) is 2. The van der Waals surface area contributed by atoms with E-state index < -0.39 is 32.3 Å². The highest BCUT2D eigenvalue weighted by Gasteiger charge is 2.36. The highest BCUT2D eigenvalue weighted by molar-refractivity contribution is 7.92. The average Bonchev–Trinajstić information content (AvgIpc) is 2.87. The van der Waals surface area contributed by atoms with E-state index in [4.69, 9.17) is 0 Å². The smallest absolute Gasteiger partial charge is 0.385 e. The minimum Gasteiger partial charge on any atom is -0.385 e. The Kier molecular flexibility index (Phi) is 6.92. The molecule has 1 fully saturated rings. The molecule has 194 valence electrons. The molecule has 2 aromatic carbocycles. The molecule has 1 aliphatic rings. The molecule has 0 amide bonds. The number of halogens is 3. The lowest BCUT2D eigenvalue weighted by molar-refractivity contribution is -0.137. The van der Waals surface area contributed by atoms with Crippen molar-refractivity contribution < 1.29 is 26.7 Å². The van der Waals surface area contributed by atoms with Crippen LogP contribution >= 0.6 is 0 Å². The first-order valence-electron chi connectivity index (χ1n) is 11.5. The van der Waals surface area contributed by atoms with Gasteiger partial charge in [-0.15, -0.1) is 0 Å². The van der Waals surface area contributed by atoms with E-state index in [0.717, 1.165) is 23.8 Å². The molecule has 0 spiro atoms. The van der Waals surface area contributed by atoms with Crippen molar-refractivity contribution in [2.24, 2.45) is 0 Å². The van der Waals surface area contributed by atoms with Crippen molar-refractivity contribution in [3.63, 3.8) is 0 Å². The van der Waals surface area contributed by atoms with E-state index >= 15 is 0 Å². The molecule has 0 aliphatic carbocycles. The zero-order valence-corrected chi connectivity index (χ0v) is 21.0. The molecule has 4 rings (SSSR count). The maximum Gasteiger partial charge on any atom is 0.416 e. The second-order valence-electron chi connectivity index (χ2n) is 9.02. The number of aliphatic hydroxyl groups is 1. The number of benzene rings is 2. The summed E-state index contributed by atoms with van der Waals surface area (Å²) in [5.41, 5.74) is -0.511. The molecular formula is C26H25F3N4O3S. The van der Waals surface area contributed by atoms with Crippen LogP contribution in [-0.4, -0.2) is 31.6 Å². The van der Waals surface area contributed by atoms with Crippen LogP contribution < -0.4 is 9.62 Å². The molecule has 2 heterocycles. The van der Waals surface area contributed by atoms with Gasteiger partial charge >= 0.3 is 6.18 Å². The Morgan fingerprint density at radius 1 is 1.08 bits per heavy atom. The zero-order chi connectivity index (χ0) is 27.0. The Balaban J connectivity index is 1.62. The lowest BCUT2D eigenvalue weighted by atomic mass is 9.84. The number of nitrogens with one attached hydrogen (secondary N) is 1. The average molecular weight is 531 g/mol. The molecule has 0 radical (unpaired) electrons. The van der Waals surface area contributed by atoms with Crippen LogP contribution in [0.2, 0.25) is 0 Å². The molecular weight excluding hydrogens is 505 g/mol. The Morgan fingerprint density at radius 3 is 2.32 bits per heavy atom. The van der Waals surface area contributed by atoms with Crippen LogP contribution in [0.5, 0.6) is 0 Å². The first-order valence-corrected chi connectivity index (χ1v) is 13.0. The van der Waals surface area contributed by atoms with Crippen LogP contribution in [0.4, 0.5) is 24.7 Å². The molecule has 7 nitrogen and oxygen atoms in total. The first-order chi connectivity index (χ1) is 17.4. The van der Waals surface area contributed by atoms with Gasteiger partial charge in [0, 0.05) is 13.1 Å². The third kappa shape index (κ3) is 5.26. The number of alkyl halides is 3. The van der Waals surface area contributed by atoms with Crippen molar-refractivity contribution in [3.05, 3.63) is 82.5 Å². The lowest BCUT2D eigenvalue weighted by Crippen LogP contribution is -2.43. The SMILES string of the molecule is Cc1nc(N2CCC(O)(c3ccccc3)CC2)c(C#N)c(C)c1NS(=O)(=O)c1cccc(C(F)(F)F)c1. The summed E-state index contributed by atoms with van der Waals surface area (Å²) in [5, 5.41) is 21.0. The van der Waals surface area contributed by atoms with E-state index in [9.17, 15) is 32.0 Å². The number of aryl methyl sites for hydroxylation is 1. The Morgan fingerprint density at radius 2 is 1.73 bits per heavy atom. The third-order valence-electron chi connectivity index (χ3n) is 6.63. The third-order valence-corrected chi connectivity index (χ3v) is 7.98. The second kappa shape index (κ2) is 9.68. The molecule has 2 N–H and O–H groups in total. The van der Waals surface area contributed by atoms with Gasteiger partial charge in [-0.2, -0.15) is 18.4 Å². The van der Waals surface area contributed by atoms with E-state index in [1.807, 2.05) is 35.2 Å². The topological polar surface area (TPSA) is 106 Å². The van der Waals surface area contributed by atoms with Crippen LogP contribution in [0, 0.1) is 25.2 Å². The maximum absolute atomic E-state index is 13.1. The summed E-state index contributed by atoms with van der Waals surface area (Å²) in [6.45, 7) is 3.96. The molecule has 1 saturated heterocycles. The number of anilines is 2. The van der Waals surface area contributed by atoms with E-state index in [1.165, 1.54) is 0 Å². The lowest BCUT2D eigenvalue weighted by Gasteiger charge is -2.39. The number of pyridine rings is 1. The first kappa shape index (κ1) is 26.4. The molecule has 37 heavy (non-hydrogen) atoms. The van der Waals surface area contributed by atoms with Crippen molar-refractivity contribution in [3.8, 4) is 6.07 Å². The van der Waals surface area contributed by atoms with Crippen LogP contribution in [0.1, 0.15) is 40.8 Å². The van der Waals surface area contributed by atoms with Crippen LogP contribution in [0.25, 0.3) is 0 Å². The fourth-order valence-corrected chi connectivity index (χ4v) is 5.73. The van der Waals surface area contributed by atoms with E-state index in [1.54, 1.807) is 13.8 Å². The number of sulfonamides is 1. The number of nitriles is 1. The van der Waals surface area contributed by atoms with Crippen LogP contribution in [-0.2, 0) is 21.8 Å². The minimum absolute atomic E-state index is 0.0375. The molecule has 0 saturated carbocycles. The fraction of sp³-hybridized carbons (Fsp3) is 0.308. The van der Waals surface area contributed by atoms with Gasteiger partial charge in [0.05, 0.1) is 33.0 Å². The van der Waals surface area contributed by atoms with Crippen LogP contribution in [0.3, 0.4) is 0 Å². The summed E-state index contributed by atoms with van der Waals surface area (Å²) in [6.07, 6.45) is -3.88. The normalized spacial score (nSPS) is 15.8. The Hall–Kier alpha value is -3.62. The van der Waals surface area contributed by atoms with Gasteiger partial charge in [0.25, 0.3) is 10.0 Å². The van der Waals surface area contributed by atoms with Gasteiger partial charge in [-0.1, -0.05) is 36.4 Å². The van der Waals surface area contributed by atoms with Crippen molar-refractivity contribution >= 4 is 21.5 Å². The summed E-state index contributed by atoms with van der Waals surface area (Å²) in [4.78, 5) is 5.82. The van der Waals surface area contributed by atoms with Crippen molar-refractivity contribution in [1.82, 2.24) is 4.98 Å². The number of nitrogens with zero attached hydrogens (tertiary/aromatic N) is 3. The standard InChI is InChI=1S/C26H25F3N4O3S/c1-17-22(16-30)24(33-13-11-25(34,12-14-33)19-7-4-3-5-8-19)31-18(2)23(17)32-37(35,36)21-10-6-9-20(15-21)26(27,28)29/h3-10,15,32,34H,11-14H2,1-2H3. The molecule has 1 aromatic heterocycles. The van der Waals surface area contributed by atoms with E-state index in [0.29, 0.717) is 43.4 Å². The molecule has 0 atom stereocenters. The molecule has 0 bridgehead atoms. The quantitative estimate of drug-likeness (QED) is 0.487. The van der Waals surface area contributed by atoms with E-state index in [-0.39, 0.29) is 16.9 Å². The maximum atomic E-state index is 13.1.